The third-order valence-electron chi connectivity index (χ3n) is 2.55. The van der Waals surface area contributed by atoms with Crippen molar-refractivity contribution in [3.63, 3.8) is 0 Å². The van der Waals surface area contributed by atoms with Crippen molar-refractivity contribution in [2.45, 2.75) is 0 Å². The Labute approximate surface area is 115 Å². The molecule has 3 nitrogen and oxygen atoms in total. The molecule has 3 N–H and O–H groups in total. The van der Waals surface area contributed by atoms with Crippen LogP contribution in [0.1, 0.15) is 15.9 Å². The van der Waals surface area contributed by atoms with Crippen molar-refractivity contribution >= 4 is 28.8 Å². The molecule has 0 aliphatic heterocycles. The molecule has 2 rings (SSSR count). The minimum atomic E-state index is -0.389. The molecule has 19 heavy (non-hydrogen) atoms. The number of halogens is 1. The maximum atomic E-state index is 12.8. The largest absolute Gasteiger partial charge is 0.389 e. The third kappa shape index (κ3) is 3.14. The van der Waals surface area contributed by atoms with Gasteiger partial charge < -0.3 is 11.1 Å². The molecule has 2 aromatic carbocycles. The van der Waals surface area contributed by atoms with Gasteiger partial charge >= 0.3 is 0 Å². The third-order valence-corrected chi connectivity index (χ3v) is 2.77. The molecule has 0 aliphatic carbocycles. The normalized spacial score (nSPS) is 9.95. The average Bonchev–Trinajstić information content (AvgIpc) is 2.39. The number of hydrogen-bond donors (Lipinski definition) is 2. The van der Waals surface area contributed by atoms with E-state index >= 15 is 0 Å². The van der Waals surface area contributed by atoms with Crippen LogP contribution in [0, 0.1) is 5.82 Å². The van der Waals surface area contributed by atoms with Crippen LogP contribution in [0.25, 0.3) is 0 Å². The second-order valence-corrected chi connectivity index (χ2v) is 4.31. The second-order valence-electron chi connectivity index (χ2n) is 3.87. The molecule has 0 saturated heterocycles. The molecule has 0 radical (unpaired) electrons. The molecular weight excluding hydrogens is 263 g/mol. The molecule has 1 amide bonds. The fourth-order valence-electron chi connectivity index (χ4n) is 1.60. The summed E-state index contributed by atoms with van der Waals surface area (Å²) in [5, 5.41) is 2.70. The lowest BCUT2D eigenvalue weighted by Crippen LogP contribution is -2.17. The van der Waals surface area contributed by atoms with E-state index in [4.69, 9.17) is 18.0 Å². The predicted octanol–water partition coefficient (Wildman–Crippen LogP) is 2.71. The van der Waals surface area contributed by atoms with Gasteiger partial charge in [0.1, 0.15) is 10.8 Å². The topological polar surface area (TPSA) is 55.1 Å². The Morgan fingerprint density at radius 1 is 1.11 bits per heavy atom. The molecule has 0 aliphatic rings. The molecule has 0 saturated carbocycles. The first kappa shape index (κ1) is 13.2. The highest BCUT2D eigenvalue weighted by molar-refractivity contribution is 7.80. The molecule has 0 aromatic heterocycles. The highest BCUT2D eigenvalue weighted by Gasteiger charge is 2.10. The highest BCUT2D eigenvalue weighted by atomic mass is 32.1. The van der Waals surface area contributed by atoms with Crippen molar-refractivity contribution < 1.29 is 9.18 Å². The maximum Gasteiger partial charge on any atom is 0.255 e. The van der Waals surface area contributed by atoms with Crippen molar-refractivity contribution in [1.82, 2.24) is 0 Å². The number of thiocarbonyl (C=S) groups is 1. The number of nitrogens with one attached hydrogen (secondary N) is 1. The Hall–Kier alpha value is -2.27. The molecule has 96 valence electrons. The second kappa shape index (κ2) is 5.58. The molecule has 0 atom stereocenters. The lowest BCUT2D eigenvalue weighted by atomic mass is 10.1. The molecule has 0 bridgehead atoms. The van der Waals surface area contributed by atoms with Crippen LogP contribution in [0.15, 0.2) is 48.5 Å². The van der Waals surface area contributed by atoms with Crippen molar-refractivity contribution in [1.29, 1.82) is 0 Å². The molecular formula is C14H11FN2OS. The molecule has 0 heterocycles. The summed E-state index contributed by atoms with van der Waals surface area (Å²) in [4.78, 5) is 12.2. The summed E-state index contributed by atoms with van der Waals surface area (Å²) in [7, 11) is 0. The molecule has 0 spiro atoms. The van der Waals surface area contributed by atoms with Gasteiger partial charge in [-0.25, -0.2) is 4.39 Å². The van der Waals surface area contributed by atoms with E-state index in [9.17, 15) is 9.18 Å². The zero-order chi connectivity index (χ0) is 13.8. The number of anilines is 1. The van der Waals surface area contributed by atoms with Gasteiger partial charge in [-0.2, -0.15) is 0 Å². The van der Waals surface area contributed by atoms with E-state index in [2.05, 4.69) is 5.32 Å². The van der Waals surface area contributed by atoms with Gasteiger partial charge in [0.15, 0.2) is 0 Å². The predicted molar refractivity (Wildman–Crippen MR) is 76.7 cm³/mol. The quantitative estimate of drug-likeness (QED) is 0.846. The van der Waals surface area contributed by atoms with E-state index in [-0.39, 0.29) is 16.7 Å². The van der Waals surface area contributed by atoms with Crippen LogP contribution in [-0.2, 0) is 0 Å². The van der Waals surface area contributed by atoms with Gasteiger partial charge in [0.05, 0.1) is 5.69 Å². The van der Waals surface area contributed by atoms with E-state index < -0.39 is 0 Å². The number of rotatable bonds is 3. The zero-order valence-electron chi connectivity index (χ0n) is 9.89. The van der Waals surface area contributed by atoms with Crippen LogP contribution in [0.3, 0.4) is 0 Å². The van der Waals surface area contributed by atoms with Gasteiger partial charge in [-0.05, 0) is 36.4 Å². The number of benzene rings is 2. The van der Waals surface area contributed by atoms with Gasteiger partial charge in [-0.15, -0.1) is 0 Å². The lowest BCUT2D eigenvalue weighted by molar-refractivity contribution is 0.102. The fourth-order valence-corrected chi connectivity index (χ4v) is 1.78. The monoisotopic (exact) mass is 274 g/mol. The van der Waals surface area contributed by atoms with Crippen LogP contribution in [0.2, 0.25) is 0 Å². The van der Waals surface area contributed by atoms with E-state index in [1.54, 1.807) is 24.3 Å². The summed E-state index contributed by atoms with van der Waals surface area (Å²) in [5.74, 6) is -0.733. The van der Waals surface area contributed by atoms with Crippen molar-refractivity contribution in [2.75, 3.05) is 5.32 Å². The standard InChI is InChI=1S/C14H11FN2OS/c15-10-7-5-9(6-8-10)14(18)17-12-4-2-1-3-11(12)13(16)19/h1-8H,(H2,16,19)(H,17,18). The summed E-state index contributed by atoms with van der Waals surface area (Å²) in [6, 6.07) is 12.3. The first-order valence-electron chi connectivity index (χ1n) is 5.53. The Bertz CT molecular complexity index is 626. The van der Waals surface area contributed by atoms with Crippen molar-refractivity contribution in [3.8, 4) is 0 Å². The van der Waals surface area contributed by atoms with Gasteiger partial charge in [0.25, 0.3) is 5.91 Å². The summed E-state index contributed by atoms with van der Waals surface area (Å²) in [6.07, 6.45) is 0. The van der Waals surface area contributed by atoms with Gasteiger partial charge in [0.2, 0.25) is 0 Å². The smallest absolute Gasteiger partial charge is 0.255 e. The Kier molecular flexibility index (Phi) is 3.87. The number of carbonyl (C=O) groups is 1. The van der Waals surface area contributed by atoms with Crippen LogP contribution in [-0.4, -0.2) is 10.9 Å². The molecule has 2 aromatic rings. The molecule has 0 unspecified atom stereocenters. The van der Waals surface area contributed by atoms with Gasteiger partial charge in [-0.3, -0.25) is 4.79 Å². The Morgan fingerprint density at radius 3 is 2.37 bits per heavy atom. The van der Waals surface area contributed by atoms with Gasteiger partial charge in [-0.1, -0.05) is 24.4 Å². The first-order chi connectivity index (χ1) is 9.08. The summed E-state index contributed by atoms with van der Waals surface area (Å²) in [5.41, 5.74) is 7.06. The minimum Gasteiger partial charge on any atom is -0.389 e. The number of amides is 1. The summed E-state index contributed by atoms with van der Waals surface area (Å²) < 4.78 is 12.8. The van der Waals surface area contributed by atoms with Crippen LogP contribution in [0.5, 0.6) is 0 Å². The summed E-state index contributed by atoms with van der Waals surface area (Å²) in [6.45, 7) is 0. The maximum absolute atomic E-state index is 12.8. The fraction of sp³-hybridized carbons (Fsp3) is 0. The average molecular weight is 274 g/mol. The van der Waals surface area contributed by atoms with E-state index in [1.807, 2.05) is 0 Å². The molecule has 0 fully saturated rings. The first-order valence-corrected chi connectivity index (χ1v) is 5.94. The number of para-hydroxylation sites is 1. The van der Waals surface area contributed by atoms with Crippen molar-refractivity contribution in [2.24, 2.45) is 5.73 Å². The minimum absolute atomic E-state index is 0.204. The molecule has 5 heteroatoms. The zero-order valence-corrected chi connectivity index (χ0v) is 10.7. The SMILES string of the molecule is NC(=S)c1ccccc1NC(=O)c1ccc(F)cc1. The number of carbonyl (C=O) groups excluding carboxylic acids is 1. The van der Waals surface area contributed by atoms with E-state index in [0.717, 1.165) is 0 Å². The van der Waals surface area contributed by atoms with Crippen LogP contribution < -0.4 is 11.1 Å². The number of hydrogen-bond acceptors (Lipinski definition) is 2. The van der Waals surface area contributed by atoms with Gasteiger partial charge in [0, 0.05) is 11.1 Å². The lowest BCUT2D eigenvalue weighted by Gasteiger charge is -2.09. The highest BCUT2D eigenvalue weighted by Crippen LogP contribution is 2.16. The summed E-state index contributed by atoms with van der Waals surface area (Å²) >= 11 is 4.91. The van der Waals surface area contributed by atoms with Crippen molar-refractivity contribution in [3.05, 3.63) is 65.5 Å². The van der Waals surface area contributed by atoms with E-state index in [0.29, 0.717) is 16.8 Å². The van der Waals surface area contributed by atoms with Crippen LogP contribution in [0.4, 0.5) is 10.1 Å². The number of nitrogens with two attached hydrogens (primary N) is 1. The van der Waals surface area contributed by atoms with Crippen LogP contribution >= 0.6 is 12.2 Å². The Balaban J connectivity index is 2.24. The van der Waals surface area contributed by atoms with E-state index in [1.165, 1.54) is 24.3 Å². The Morgan fingerprint density at radius 2 is 1.74 bits per heavy atom.